The van der Waals surface area contributed by atoms with Gasteiger partial charge in [0.2, 0.25) is 5.95 Å². The fourth-order valence-electron chi connectivity index (χ4n) is 3.10. The Labute approximate surface area is 196 Å². The van der Waals surface area contributed by atoms with Gasteiger partial charge in [-0.3, -0.25) is 4.31 Å². The molecule has 0 aliphatic carbocycles. The molecule has 2 N–H and O–H groups in total. The zero-order valence-electron chi connectivity index (χ0n) is 19.2. The highest BCUT2D eigenvalue weighted by Gasteiger charge is 2.14. The number of benzene rings is 1. The number of allylic oxidation sites excluding steroid dienone is 4. The average Bonchev–Trinajstić information content (AvgIpc) is 2.79. The monoisotopic (exact) mass is 455 g/mol. The number of piperidine rings is 1. The molecule has 7 heteroatoms. The van der Waals surface area contributed by atoms with E-state index in [4.69, 9.17) is 0 Å². The summed E-state index contributed by atoms with van der Waals surface area (Å²) < 4.78 is 15.4. The van der Waals surface area contributed by atoms with E-state index in [0.29, 0.717) is 17.5 Å². The Kier molecular flexibility index (Phi) is 11.6. The topological polar surface area (TPSA) is 53.1 Å². The molecule has 0 radical (unpaired) electrons. The van der Waals surface area contributed by atoms with Crippen LogP contribution in [-0.4, -0.2) is 39.8 Å². The van der Waals surface area contributed by atoms with Crippen molar-refractivity contribution in [2.45, 2.75) is 32.9 Å². The molecule has 5 nitrogen and oxygen atoms in total. The van der Waals surface area contributed by atoms with Gasteiger partial charge in [-0.1, -0.05) is 49.7 Å². The minimum absolute atomic E-state index is 0.474. The second kappa shape index (κ2) is 14.4. The van der Waals surface area contributed by atoms with Crippen molar-refractivity contribution in [1.82, 2.24) is 14.3 Å². The molecule has 2 aromatic rings. The molecule has 1 aromatic carbocycles. The predicted molar refractivity (Wildman–Crippen MR) is 137 cm³/mol. The maximum Gasteiger partial charge on any atom is 0.229 e. The van der Waals surface area contributed by atoms with Gasteiger partial charge >= 0.3 is 0 Å². The van der Waals surface area contributed by atoms with Crippen molar-refractivity contribution in [2.24, 2.45) is 5.92 Å². The van der Waals surface area contributed by atoms with Gasteiger partial charge in [0.1, 0.15) is 12.0 Å². The molecule has 1 aliphatic rings. The number of nitrogens with zero attached hydrogens (tertiary/aromatic N) is 3. The number of alkyl halides is 1. The van der Waals surface area contributed by atoms with Gasteiger partial charge in [0, 0.05) is 30.7 Å². The number of rotatable bonds is 8. The van der Waals surface area contributed by atoms with Crippen LogP contribution in [0.15, 0.2) is 79.2 Å². The third-order valence-corrected chi connectivity index (χ3v) is 5.52. The number of anilines is 3. The third kappa shape index (κ3) is 10.1. The molecule has 0 bridgehead atoms. The van der Waals surface area contributed by atoms with Gasteiger partial charge in [0.25, 0.3) is 0 Å². The third-order valence-electron chi connectivity index (χ3n) is 4.67. The van der Waals surface area contributed by atoms with Gasteiger partial charge in [-0.25, -0.2) is 9.37 Å². The van der Waals surface area contributed by atoms with E-state index >= 15 is 0 Å². The summed E-state index contributed by atoms with van der Waals surface area (Å²) in [6.07, 6.45) is 12.1. The smallest absolute Gasteiger partial charge is 0.229 e. The SMILES string of the molecule is C=C/C=C(\C=C/C(C)F)Nc1ccnc(Nc2ccccc2)n1.CSN1CCCC(C)C1. The van der Waals surface area contributed by atoms with Crippen molar-refractivity contribution in [1.29, 1.82) is 0 Å². The highest BCUT2D eigenvalue weighted by Crippen LogP contribution is 2.19. The van der Waals surface area contributed by atoms with E-state index in [9.17, 15) is 4.39 Å². The van der Waals surface area contributed by atoms with Gasteiger partial charge in [0.15, 0.2) is 0 Å². The molecular formula is C25H34FN5S. The van der Waals surface area contributed by atoms with Crippen LogP contribution >= 0.6 is 11.9 Å². The molecule has 2 heterocycles. The summed E-state index contributed by atoms with van der Waals surface area (Å²) in [6.45, 7) is 10.0. The minimum atomic E-state index is -1.02. The van der Waals surface area contributed by atoms with Gasteiger partial charge < -0.3 is 10.6 Å². The van der Waals surface area contributed by atoms with Gasteiger partial charge in [0.05, 0.1) is 0 Å². The van der Waals surface area contributed by atoms with Crippen LogP contribution in [0.4, 0.5) is 21.8 Å². The van der Waals surface area contributed by atoms with Crippen molar-refractivity contribution in [3.63, 3.8) is 0 Å². The largest absolute Gasteiger partial charge is 0.340 e. The maximum atomic E-state index is 12.9. The second-order valence-corrected chi connectivity index (χ2v) is 8.48. The maximum absolute atomic E-state index is 12.9. The Morgan fingerprint density at radius 1 is 1.31 bits per heavy atom. The molecule has 1 fully saturated rings. The van der Waals surface area contributed by atoms with Crippen LogP contribution in [0.5, 0.6) is 0 Å². The molecule has 32 heavy (non-hydrogen) atoms. The first-order chi connectivity index (χ1) is 15.5. The predicted octanol–water partition coefficient (Wildman–Crippen LogP) is 6.61. The summed E-state index contributed by atoms with van der Waals surface area (Å²) in [6, 6.07) is 11.4. The van der Waals surface area contributed by atoms with Gasteiger partial charge in [-0.15, -0.1) is 0 Å². The highest BCUT2D eigenvalue weighted by atomic mass is 32.2. The Hall–Kier alpha value is -2.64. The molecule has 1 saturated heterocycles. The van der Waals surface area contributed by atoms with E-state index in [1.807, 2.05) is 42.3 Å². The Morgan fingerprint density at radius 3 is 2.72 bits per heavy atom. The molecule has 1 aromatic heterocycles. The first-order valence-electron chi connectivity index (χ1n) is 10.9. The molecule has 172 valence electrons. The van der Waals surface area contributed by atoms with Crippen molar-refractivity contribution >= 4 is 29.4 Å². The molecule has 2 unspecified atom stereocenters. The van der Waals surface area contributed by atoms with E-state index in [1.165, 1.54) is 38.9 Å². The lowest BCUT2D eigenvalue weighted by molar-refractivity contribution is 0.303. The number of para-hydroxylation sites is 1. The van der Waals surface area contributed by atoms with Crippen molar-refractivity contribution in [2.75, 3.05) is 30.0 Å². The summed E-state index contributed by atoms with van der Waals surface area (Å²) in [5.74, 6) is 2.00. The summed E-state index contributed by atoms with van der Waals surface area (Å²) >= 11 is 1.88. The van der Waals surface area contributed by atoms with Gasteiger partial charge in [-0.2, -0.15) is 4.98 Å². The Bertz CT molecular complexity index is 870. The molecule has 0 spiro atoms. The van der Waals surface area contributed by atoms with Crippen LogP contribution in [0.2, 0.25) is 0 Å². The standard InChI is InChI=1S/C18H19FN4.C7H15NS/c1-3-7-15(11-10-14(2)19)21-17-12-13-20-18(23-17)22-16-8-5-4-6-9-16;1-7-4-3-5-8(6-7)9-2/h3-14H,1H2,2H3,(H2,20,21,22,23);7H,3-6H2,1-2H3/b11-10-,15-7+;. The van der Waals surface area contributed by atoms with E-state index in [1.54, 1.807) is 30.5 Å². The fourth-order valence-corrected chi connectivity index (χ4v) is 3.82. The zero-order valence-corrected chi connectivity index (χ0v) is 20.0. The molecule has 0 amide bonds. The summed E-state index contributed by atoms with van der Waals surface area (Å²) in [7, 11) is 0. The van der Waals surface area contributed by atoms with Crippen LogP contribution in [0.1, 0.15) is 26.7 Å². The Balaban J connectivity index is 0.000000336. The average molecular weight is 456 g/mol. The molecule has 3 rings (SSSR count). The quantitative estimate of drug-likeness (QED) is 0.345. The van der Waals surface area contributed by atoms with Crippen LogP contribution in [-0.2, 0) is 0 Å². The lowest BCUT2D eigenvalue weighted by atomic mass is 10.0. The van der Waals surface area contributed by atoms with E-state index in [0.717, 1.165) is 11.6 Å². The lowest BCUT2D eigenvalue weighted by Gasteiger charge is -2.28. The summed E-state index contributed by atoms with van der Waals surface area (Å²) in [5.41, 5.74) is 1.59. The van der Waals surface area contributed by atoms with Crippen LogP contribution in [0.3, 0.4) is 0 Å². The first kappa shape index (κ1) is 25.6. The zero-order chi connectivity index (χ0) is 23.2. The normalized spacial score (nSPS) is 17.9. The molecule has 0 saturated carbocycles. The number of hydrogen-bond donors (Lipinski definition) is 2. The molecule has 2 atom stereocenters. The van der Waals surface area contributed by atoms with Crippen LogP contribution in [0, 0.1) is 5.92 Å². The summed E-state index contributed by atoms with van der Waals surface area (Å²) in [4.78, 5) is 8.56. The minimum Gasteiger partial charge on any atom is -0.340 e. The second-order valence-electron chi connectivity index (χ2n) is 7.59. The number of aromatic nitrogens is 2. The van der Waals surface area contributed by atoms with E-state index in [2.05, 4.69) is 44.7 Å². The fraction of sp³-hybridized carbons (Fsp3) is 0.360. The number of hydrogen-bond acceptors (Lipinski definition) is 6. The van der Waals surface area contributed by atoms with Crippen LogP contribution < -0.4 is 10.6 Å². The first-order valence-corrected chi connectivity index (χ1v) is 12.0. The molecule has 1 aliphatic heterocycles. The molecular weight excluding hydrogens is 421 g/mol. The van der Waals surface area contributed by atoms with Crippen LogP contribution in [0.25, 0.3) is 0 Å². The van der Waals surface area contributed by atoms with E-state index in [-0.39, 0.29) is 0 Å². The Morgan fingerprint density at radius 2 is 2.09 bits per heavy atom. The number of halogens is 1. The number of nitrogens with one attached hydrogen (secondary N) is 2. The van der Waals surface area contributed by atoms with Crippen molar-refractivity contribution in [3.8, 4) is 0 Å². The van der Waals surface area contributed by atoms with Crippen molar-refractivity contribution in [3.05, 3.63) is 79.2 Å². The van der Waals surface area contributed by atoms with Gasteiger partial charge in [-0.05, 0) is 68.4 Å². The van der Waals surface area contributed by atoms with Crippen molar-refractivity contribution < 1.29 is 4.39 Å². The lowest BCUT2D eigenvalue weighted by Crippen LogP contribution is -2.28. The summed E-state index contributed by atoms with van der Waals surface area (Å²) in [5, 5.41) is 6.23. The van der Waals surface area contributed by atoms with E-state index < -0.39 is 6.17 Å². The highest BCUT2D eigenvalue weighted by molar-refractivity contribution is 7.96.